The molecule has 0 unspecified atom stereocenters. The van der Waals surface area contributed by atoms with Gasteiger partial charge in [-0.1, -0.05) is 0 Å². The SMILES string of the molecule is N#Cc1ccc(NC(=O)Nc2cc(F)c(O)c(F)c2)cc1. The van der Waals surface area contributed by atoms with E-state index in [1.807, 2.05) is 6.07 Å². The summed E-state index contributed by atoms with van der Waals surface area (Å²) in [5.41, 5.74) is 0.698. The highest BCUT2D eigenvalue weighted by Crippen LogP contribution is 2.24. The molecule has 2 aromatic carbocycles. The zero-order chi connectivity index (χ0) is 15.4. The summed E-state index contributed by atoms with van der Waals surface area (Å²) in [4.78, 5) is 11.6. The number of nitrogens with one attached hydrogen (secondary N) is 2. The van der Waals surface area contributed by atoms with Gasteiger partial charge in [0.2, 0.25) is 0 Å². The Hall–Kier alpha value is -3.14. The molecule has 0 aliphatic carbocycles. The number of halogens is 2. The minimum Gasteiger partial charge on any atom is -0.503 e. The van der Waals surface area contributed by atoms with Crippen molar-refractivity contribution >= 4 is 17.4 Å². The maximum absolute atomic E-state index is 13.1. The number of aromatic hydroxyl groups is 1. The first-order valence-electron chi connectivity index (χ1n) is 5.76. The topological polar surface area (TPSA) is 85.2 Å². The quantitative estimate of drug-likeness (QED) is 0.742. The van der Waals surface area contributed by atoms with E-state index < -0.39 is 23.4 Å². The van der Waals surface area contributed by atoms with Gasteiger partial charge in [0.05, 0.1) is 11.6 Å². The van der Waals surface area contributed by atoms with Crippen LogP contribution in [0.15, 0.2) is 36.4 Å². The van der Waals surface area contributed by atoms with Crippen molar-refractivity contribution in [1.82, 2.24) is 0 Å². The average molecular weight is 289 g/mol. The highest BCUT2D eigenvalue weighted by molar-refractivity contribution is 5.99. The molecular formula is C14H9F2N3O2. The number of anilines is 2. The first-order chi connectivity index (χ1) is 9.99. The maximum Gasteiger partial charge on any atom is 0.323 e. The Bertz CT molecular complexity index is 701. The van der Waals surface area contributed by atoms with Gasteiger partial charge in [0.1, 0.15) is 0 Å². The normalized spacial score (nSPS) is 9.76. The number of rotatable bonds is 2. The van der Waals surface area contributed by atoms with Gasteiger partial charge in [-0.3, -0.25) is 0 Å². The number of nitriles is 1. The van der Waals surface area contributed by atoms with Crippen LogP contribution in [0.3, 0.4) is 0 Å². The lowest BCUT2D eigenvalue weighted by Gasteiger charge is -2.08. The van der Waals surface area contributed by atoms with Gasteiger partial charge in [0.15, 0.2) is 17.4 Å². The minimum absolute atomic E-state index is 0.144. The van der Waals surface area contributed by atoms with Crippen LogP contribution in [-0.2, 0) is 0 Å². The minimum atomic E-state index is -1.18. The highest BCUT2D eigenvalue weighted by Gasteiger charge is 2.11. The molecular weight excluding hydrogens is 280 g/mol. The Kier molecular flexibility index (Phi) is 4.00. The summed E-state index contributed by atoms with van der Waals surface area (Å²) in [5.74, 6) is -3.46. The van der Waals surface area contributed by atoms with Gasteiger partial charge in [0, 0.05) is 23.5 Å². The van der Waals surface area contributed by atoms with Crippen LogP contribution in [0.2, 0.25) is 0 Å². The summed E-state index contributed by atoms with van der Waals surface area (Å²) >= 11 is 0. The second-order valence-corrected chi connectivity index (χ2v) is 4.06. The third-order valence-electron chi connectivity index (χ3n) is 2.55. The van der Waals surface area contributed by atoms with Crippen LogP contribution in [0.5, 0.6) is 5.75 Å². The first kappa shape index (κ1) is 14.3. The molecule has 0 spiro atoms. The lowest BCUT2D eigenvalue weighted by molar-refractivity contribution is 0.262. The Balaban J connectivity index is 2.06. The Labute approximate surface area is 118 Å². The predicted molar refractivity (Wildman–Crippen MR) is 71.8 cm³/mol. The molecule has 0 atom stereocenters. The van der Waals surface area contributed by atoms with Crippen LogP contribution in [-0.4, -0.2) is 11.1 Å². The number of phenols is 1. The number of hydrogen-bond acceptors (Lipinski definition) is 3. The first-order valence-corrected chi connectivity index (χ1v) is 5.76. The Morgan fingerprint density at radius 2 is 1.57 bits per heavy atom. The van der Waals surface area contributed by atoms with Gasteiger partial charge >= 0.3 is 6.03 Å². The van der Waals surface area contributed by atoms with Crippen molar-refractivity contribution in [3.8, 4) is 11.8 Å². The van der Waals surface area contributed by atoms with Crippen molar-refractivity contribution in [3.63, 3.8) is 0 Å². The van der Waals surface area contributed by atoms with E-state index in [0.29, 0.717) is 11.3 Å². The van der Waals surface area contributed by atoms with Gasteiger partial charge in [-0.2, -0.15) is 5.26 Å². The second kappa shape index (κ2) is 5.88. The number of carbonyl (C=O) groups excluding carboxylic acids is 1. The highest BCUT2D eigenvalue weighted by atomic mass is 19.1. The van der Waals surface area contributed by atoms with Crippen LogP contribution in [0.25, 0.3) is 0 Å². The second-order valence-electron chi connectivity index (χ2n) is 4.06. The van der Waals surface area contributed by atoms with Crippen LogP contribution >= 0.6 is 0 Å². The van der Waals surface area contributed by atoms with E-state index >= 15 is 0 Å². The number of amides is 2. The largest absolute Gasteiger partial charge is 0.503 e. The molecule has 2 amide bonds. The molecule has 7 heteroatoms. The lowest BCUT2D eigenvalue weighted by Crippen LogP contribution is -2.19. The fourth-order valence-corrected chi connectivity index (χ4v) is 1.56. The summed E-state index contributed by atoms with van der Waals surface area (Å²) in [6.45, 7) is 0. The smallest absolute Gasteiger partial charge is 0.323 e. The van der Waals surface area contributed by atoms with Crippen molar-refractivity contribution < 1.29 is 18.7 Å². The van der Waals surface area contributed by atoms with Crippen LogP contribution in [0.4, 0.5) is 25.0 Å². The standard InChI is InChI=1S/C14H9F2N3O2/c15-11-5-10(6-12(16)13(11)20)19-14(21)18-9-3-1-8(7-17)2-4-9/h1-6,20H,(H2,18,19,21). The molecule has 0 heterocycles. The van der Waals surface area contributed by atoms with E-state index in [2.05, 4.69) is 10.6 Å². The number of nitrogens with zero attached hydrogens (tertiary/aromatic N) is 1. The van der Waals surface area contributed by atoms with Gasteiger partial charge in [0.25, 0.3) is 0 Å². The summed E-state index contributed by atoms with van der Waals surface area (Å²) in [7, 11) is 0. The van der Waals surface area contributed by atoms with Crippen LogP contribution < -0.4 is 10.6 Å². The summed E-state index contributed by atoms with van der Waals surface area (Å²) in [5, 5.41) is 22.2. The van der Waals surface area contributed by atoms with Crippen molar-refractivity contribution in [2.24, 2.45) is 0 Å². The van der Waals surface area contributed by atoms with E-state index in [-0.39, 0.29) is 5.69 Å². The molecule has 0 radical (unpaired) electrons. The number of hydrogen-bond donors (Lipinski definition) is 3. The molecule has 3 N–H and O–H groups in total. The fraction of sp³-hybridized carbons (Fsp3) is 0. The van der Waals surface area contributed by atoms with Gasteiger partial charge in [-0.05, 0) is 24.3 Å². The zero-order valence-electron chi connectivity index (χ0n) is 10.5. The third kappa shape index (κ3) is 3.45. The lowest BCUT2D eigenvalue weighted by atomic mass is 10.2. The molecule has 0 saturated carbocycles. The molecule has 0 aliphatic rings. The number of phenolic OH excluding ortho intramolecular Hbond substituents is 1. The number of carbonyl (C=O) groups is 1. The van der Waals surface area contributed by atoms with Crippen molar-refractivity contribution in [3.05, 3.63) is 53.6 Å². The monoisotopic (exact) mass is 289 g/mol. The van der Waals surface area contributed by atoms with Gasteiger partial charge in [-0.25, -0.2) is 13.6 Å². The molecule has 5 nitrogen and oxygen atoms in total. The summed E-state index contributed by atoms with van der Waals surface area (Å²) in [6, 6.07) is 8.83. The fourth-order valence-electron chi connectivity index (χ4n) is 1.56. The molecule has 0 fully saturated rings. The summed E-state index contributed by atoms with van der Waals surface area (Å²) < 4.78 is 26.2. The van der Waals surface area contributed by atoms with Crippen LogP contribution in [0, 0.1) is 23.0 Å². The van der Waals surface area contributed by atoms with Crippen molar-refractivity contribution in [1.29, 1.82) is 5.26 Å². The molecule has 21 heavy (non-hydrogen) atoms. The zero-order valence-corrected chi connectivity index (χ0v) is 10.5. The average Bonchev–Trinajstić information content (AvgIpc) is 2.45. The van der Waals surface area contributed by atoms with E-state index in [1.54, 1.807) is 0 Å². The van der Waals surface area contributed by atoms with E-state index in [0.717, 1.165) is 12.1 Å². The Morgan fingerprint density at radius 1 is 1.05 bits per heavy atom. The molecule has 2 aromatic rings. The number of benzene rings is 2. The Morgan fingerprint density at radius 3 is 2.10 bits per heavy atom. The van der Waals surface area contributed by atoms with Gasteiger partial charge in [-0.15, -0.1) is 0 Å². The molecule has 106 valence electrons. The molecule has 0 aliphatic heterocycles. The van der Waals surface area contributed by atoms with E-state index in [4.69, 9.17) is 10.4 Å². The molecule has 0 aromatic heterocycles. The third-order valence-corrected chi connectivity index (χ3v) is 2.55. The molecule has 0 saturated heterocycles. The van der Waals surface area contributed by atoms with E-state index in [1.165, 1.54) is 24.3 Å². The predicted octanol–water partition coefficient (Wildman–Crippen LogP) is 3.19. The van der Waals surface area contributed by atoms with E-state index in [9.17, 15) is 13.6 Å². The van der Waals surface area contributed by atoms with Crippen molar-refractivity contribution in [2.45, 2.75) is 0 Å². The molecule has 2 rings (SSSR count). The molecule has 0 bridgehead atoms. The number of urea groups is 1. The summed E-state index contributed by atoms with van der Waals surface area (Å²) in [6.07, 6.45) is 0. The van der Waals surface area contributed by atoms with Crippen LogP contribution in [0.1, 0.15) is 5.56 Å². The maximum atomic E-state index is 13.1. The van der Waals surface area contributed by atoms with Crippen molar-refractivity contribution in [2.75, 3.05) is 10.6 Å². The van der Waals surface area contributed by atoms with Gasteiger partial charge < -0.3 is 15.7 Å².